The summed E-state index contributed by atoms with van der Waals surface area (Å²) < 4.78 is 6.17. The van der Waals surface area contributed by atoms with Crippen LogP contribution in [-0.2, 0) is 21.5 Å². The first-order valence-electron chi connectivity index (χ1n) is 11.4. The van der Waals surface area contributed by atoms with Crippen LogP contribution in [0.25, 0.3) is 0 Å². The van der Waals surface area contributed by atoms with Gasteiger partial charge in [-0.3, -0.25) is 9.59 Å². The zero-order valence-electron chi connectivity index (χ0n) is 19.2. The molecule has 5 nitrogen and oxygen atoms in total. The van der Waals surface area contributed by atoms with Crippen molar-refractivity contribution in [3.63, 3.8) is 0 Å². The van der Waals surface area contributed by atoms with Gasteiger partial charge in [0, 0.05) is 32.1 Å². The Morgan fingerprint density at radius 1 is 0.879 bits per heavy atom. The Morgan fingerprint density at radius 2 is 1.48 bits per heavy atom. The van der Waals surface area contributed by atoms with Gasteiger partial charge in [0.05, 0.1) is 5.41 Å². The van der Waals surface area contributed by atoms with E-state index in [0.29, 0.717) is 32.5 Å². The van der Waals surface area contributed by atoms with Crippen molar-refractivity contribution in [1.29, 1.82) is 0 Å². The van der Waals surface area contributed by atoms with Gasteiger partial charge in [-0.25, -0.2) is 0 Å². The normalized spacial score (nSPS) is 15.0. The summed E-state index contributed by atoms with van der Waals surface area (Å²) in [7, 11) is 0. The lowest BCUT2D eigenvalue weighted by Crippen LogP contribution is -2.52. The number of amides is 2. The first-order valence-corrected chi connectivity index (χ1v) is 11.4. The highest BCUT2D eigenvalue weighted by Gasteiger charge is 2.43. The number of carbonyl (C=O) groups is 2. The third-order valence-electron chi connectivity index (χ3n) is 6.55. The summed E-state index contributed by atoms with van der Waals surface area (Å²) >= 11 is 0. The van der Waals surface area contributed by atoms with Crippen LogP contribution in [0.4, 0.5) is 0 Å². The number of benzene rings is 3. The summed E-state index contributed by atoms with van der Waals surface area (Å²) in [6.07, 6.45) is 1.20. The number of nitrogens with one attached hydrogen (secondary N) is 1. The van der Waals surface area contributed by atoms with Crippen LogP contribution in [0.2, 0.25) is 0 Å². The summed E-state index contributed by atoms with van der Waals surface area (Å²) in [5.41, 5.74) is 2.31. The standard InChI is InChI=1S/C28H30N2O3/c1-21-10-6-8-14-25(21)33-26-15-9-7-11-23(26)20-29-27(32)28(24-12-4-3-5-13-24)16-18-30(19-17-28)22(2)31/h3-15H,16-20H2,1-2H3,(H,29,32). The fraction of sp³-hybridized carbons (Fsp3) is 0.286. The number of aryl methyl sites for hydroxylation is 1. The van der Waals surface area contributed by atoms with E-state index in [-0.39, 0.29) is 11.8 Å². The predicted octanol–water partition coefficient (Wildman–Crippen LogP) is 4.98. The molecule has 1 N–H and O–H groups in total. The fourth-order valence-electron chi connectivity index (χ4n) is 4.49. The van der Waals surface area contributed by atoms with Crippen molar-refractivity contribution in [2.75, 3.05) is 13.1 Å². The molecule has 0 spiro atoms. The third kappa shape index (κ3) is 4.92. The van der Waals surface area contributed by atoms with E-state index in [2.05, 4.69) is 5.32 Å². The topological polar surface area (TPSA) is 58.6 Å². The van der Waals surface area contributed by atoms with Crippen LogP contribution in [0.3, 0.4) is 0 Å². The molecule has 1 saturated heterocycles. The number of ether oxygens (including phenoxy) is 1. The molecule has 1 heterocycles. The van der Waals surface area contributed by atoms with Gasteiger partial charge in [0.15, 0.2) is 0 Å². The van der Waals surface area contributed by atoms with Crippen molar-refractivity contribution in [1.82, 2.24) is 10.2 Å². The molecule has 0 saturated carbocycles. The average Bonchev–Trinajstić information content (AvgIpc) is 2.85. The monoisotopic (exact) mass is 442 g/mol. The molecular formula is C28H30N2O3. The molecule has 0 atom stereocenters. The predicted molar refractivity (Wildman–Crippen MR) is 129 cm³/mol. The quantitative estimate of drug-likeness (QED) is 0.586. The maximum Gasteiger partial charge on any atom is 0.231 e. The number of nitrogens with zero attached hydrogens (tertiary/aromatic N) is 1. The highest BCUT2D eigenvalue weighted by Crippen LogP contribution is 2.36. The fourth-order valence-corrected chi connectivity index (χ4v) is 4.49. The second kappa shape index (κ2) is 9.90. The molecule has 0 unspecified atom stereocenters. The Balaban J connectivity index is 1.53. The summed E-state index contributed by atoms with van der Waals surface area (Å²) in [4.78, 5) is 27.3. The minimum atomic E-state index is -0.654. The molecule has 33 heavy (non-hydrogen) atoms. The minimum Gasteiger partial charge on any atom is -0.457 e. The molecule has 3 aromatic rings. The molecule has 0 aliphatic carbocycles. The van der Waals surface area contributed by atoms with Crippen LogP contribution < -0.4 is 10.1 Å². The summed E-state index contributed by atoms with van der Waals surface area (Å²) in [5, 5.41) is 3.17. The molecule has 5 heteroatoms. The van der Waals surface area contributed by atoms with Gasteiger partial charge in [-0.05, 0) is 43.0 Å². The van der Waals surface area contributed by atoms with Crippen molar-refractivity contribution in [3.05, 3.63) is 95.6 Å². The van der Waals surface area contributed by atoms with Crippen LogP contribution in [0.15, 0.2) is 78.9 Å². The van der Waals surface area contributed by atoms with E-state index in [9.17, 15) is 9.59 Å². The van der Waals surface area contributed by atoms with Gasteiger partial charge in [-0.15, -0.1) is 0 Å². The highest BCUT2D eigenvalue weighted by atomic mass is 16.5. The van der Waals surface area contributed by atoms with E-state index in [1.165, 1.54) is 0 Å². The van der Waals surface area contributed by atoms with Crippen LogP contribution in [0, 0.1) is 6.92 Å². The lowest BCUT2D eigenvalue weighted by atomic mass is 9.72. The van der Waals surface area contributed by atoms with Crippen LogP contribution >= 0.6 is 0 Å². The number of hydrogen-bond acceptors (Lipinski definition) is 3. The molecule has 1 aliphatic heterocycles. The van der Waals surface area contributed by atoms with Crippen LogP contribution in [-0.4, -0.2) is 29.8 Å². The summed E-state index contributed by atoms with van der Waals surface area (Å²) in [6.45, 7) is 5.11. The number of rotatable bonds is 6. The van der Waals surface area contributed by atoms with E-state index in [1.807, 2.05) is 90.7 Å². The van der Waals surface area contributed by atoms with E-state index >= 15 is 0 Å². The largest absolute Gasteiger partial charge is 0.457 e. The van der Waals surface area contributed by atoms with Gasteiger partial charge >= 0.3 is 0 Å². The lowest BCUT2D eigenvalue weighted by molar-refractivity contribution is -0.135. The third-order valence-corrected chi connectivity index (χ3v) is 6.55. The van der Waals surface area contributed by atoms with Gasteiger partial charge in [-0.2, -0.15) is 0 Å². The molecule has 170 valence electrons. The number of likely N-dealkylation sites (tertiary alicyclic amines) is 1. The molecule has 1 fully saturated rings. The molecular weight excluding hydrogens is 412 g/mol. The molecule has 3 aromatic carbocycles. The van der Waals surface area contributed by atoms with E-state index in [4.69, 9.17) is 4.74 Å². The van der Waals surface area contributed by atoms with Crippen molar-refractivity contribution in [2.24, 2.45) is 0 Å². The average molecular weight is 443 g/mol. The molecule has 0 radical (unpaired) electrons. The Labute approximate surface area is 195 Å². The number of piperidine rings is 1. The van der Waals surface area contributed by atoms with Gasteiger partial charge in [0.25, 0.3) is 0 Å². The molecule has 0 aromatic heterocycles. The second-order valence-corrected chi connectivity index (χ2v) is 8.61. The Kier molecular flexibility index (Phi) is 6.78. The van der Waals surface area contributed by atoms with E-state index in [1.54, 1.807) is 6.92 Å². The van der Waals surface area contributed by atoms with Gasteiger partial charge < -0.3 is 15.0 Å². The lowest BCUT2D eigenvalue weighted by Gasteiger charge is -2.40. The van der Waals surface area contributed by atoms with Crippen molar-refractivity contribution in [3.8, 4) is 11.5 Å². The van der Waals surface area contributed by atoms with Crippen LogP contribution in [0.1, 0.15) is 36.5 Å². The maximum absolute atomic E-state index is 13.6. The zero-order valence-corrected chi connectivity index (χ0v) is 19.2. The first-order chi connectivity index (χ1) is 16.0. The summed E-state index contributed by atoms with van der Waals surface area (Å²) in [6, 6.07) is 25.6. The Hall–Kier alpha value is -3.60. The number of para-hydroxylation sites is 2. The molecule has 2 amide bonds. The van der Waals surface area contributed by atoms with Gasteiger partial charge in [-0.1, -0.05) is 66.7 Å². The smallest absolute Gasteiger partial charge is 0.231 e. The van der Waals surface area contributed by atoms with Gasteiger partial charge in [0.1, 0.15) is 11.5 Å². The second-order valence-electron chi connectivity index (χ2n) is 8.61. The Morgan fingerprint density at radius 3 is 2.15 bits per heavy atom. The molecule has 4 rings (SSSR count). The van der Waals surface area contributed by atoms with Gasteiger partial charge in [0.2, 0.25) is 11.8 Å². The minimum absolute atomic E-state index is 0.0115. The Bertz CT molecular complexity index is 1120. The summed E-state index contributed by atoms with van der Waals surface area (Å²) in [5.74, 6) is 1.57. The van der Waals surface area contributed by atoms with Crippen LogP contribution in [0.5, 0.6) is 11.5 Å². The first kappa shape index (κ1) is 22.6. The number of hydrogen-bond donors (Lipinski definition) is 1. The van der Waals surface area contributed by atoms with Crippen molar-refractivity contribution < 1.29 is 14.3 Å². The SMILES string of the molecule is CC(=O)N1CCC(C(=O)NCc2ccccc2Oc2ccccc2C)(c2ccccc2)CC1. The zero-order chi connectivity index (χ0) is 23.3. The van der Waals surface area contributed by atoms with E-state index in [0.717, 1.165) is 28.2 Å². The number of carbonyl (C=O) groups excluding carboxylic acids is 2. The molecule has 1 aliphatic rings. The van der Waals surface area contributed by atoms with Crippen molar-refractivity contribution in [2.45, 2.75) is 38.6 Å². The molecule has 0 bridgehead atoms. The van der Waals surface area contributed by atoms with E-state index < -0.39 is 5.41 Å². The highest BCUT2D eigenvalue weighted by molar-refractivity contribution is 5.89. The maximum atomic E-state index is 13.6. The van der Waals surface area contributed by atoms with Crippen molar-refractivity contribution >= 4 is 11.8 Å².